The quantitative estimate of drug-likeness (QED) is 0.345. The van der Waals surface area contributed by atoms with Crippen molar-refractivity contribution in [1.82, 2.24) is 9.88 Å². The van der Waals surface area contributed by atoms with Crippen molar-refractivity contribution in [3.63, 3.8) is 0 Å². The summed E-state index contributed by atoms with van der Waals surface area (Å²) in [5, 5.41) is 2.81. The van der Waals surface area contributed by atoms with Crippen LogP contribution in [0.25, 0.3) is 0 Å². The Hall–Kier alpha value is -3.86. The molecule has 0 aliphatic carbocycles. The Labute approximate surface area is 209 Å². The van der Waals surface area contributed by atoms with Gasteiger partial charge in [-0.2, -0.15) is 13.2 Å². The molecule has 1 fully saturated rings. The van der Waals surface area contributed by atoms with Crippen LogP contribution in [-0.2, 0) is 22.6 Å². The summed E-state index contributed by atoms with van der Waals surface area (Å²) in [5.74, 6) is -0.759. The smallest absolute Gasteiger partial charge is 0.324 e. The van der Waals surface area contributed by atoms with E-state index in [1.165, 1.54) is 41.6 Å². The molecular formula is C25H21F3N4O3S. The molecule has 1 N–H and O–H groups in total. The number of carbonyl (C=O) groups is 3. The molecule has 1 aliphatic heterocycles. The Morgan fingerprint density at radius 3 is 2.42 bits per heavy atom. The SMILES string of the molecule is CC1C(=O)N(c2ccc(SC(F)(F)F)cc2)C(=O)N1Cc1ccncc1NC(=O)Cc1ccccc1. The largest absolute Gasteiger partial charge is 0.446 e. The molecule has 0 spiro atoms. The highest BCUT2D eigenvalue weighted by Gasteiger charge is 2.43. The van der Waals surface area contributed by atoms with Gasteiger partial charge in [0.25, 0.3) is 5.91 Å². The minimum Gasteiger partial charge on any atom is -0.324 e. The molecule has 2 aromatic carbocycles. The normalized spacial score (nSPS) is 15.9. The van der Waals surface area contributed by atoms with Crippen LogP contribution in [-0.4, -0.2) is 39.3 Å². The molecule has 3 aromatic rings. The van der Waals surface area contributed by atoms with Gasteiger partial charge in [0, 0.05) is 11.1 Å². The van der Waals surface area contributed by atoms with Crippen LogP contribution in [0.5, 0.6) is 0 Å². The van der Waals surface area contributed by atoms with Gasteiger partial charge >= 0.3 is 11.5 Å². The third-order valence-corrected chi connectivity index (χ3v) is 6.28. The summed E-state index contributed by atoms with van der Waals surface area (Å²) in [6, 6.07) is 14.5. The van der Waals surface area contributed by atoms with Crippen LogP contribution in [0.1, 0.15) is 18.1 Å². The zero-order valence-electron chi connectivity index (χ0n) is 19.0. The molecule has 0 bridgehead atoms. The molecule has 186 valence electrons. The first-order valence-electron chi connectivity index (χ1n) is 10.9. The van der Waals surface area contributed by atoms with Crippen molar-refractivity contribution in [2.24, 2.45) is 0 Å². The van der Waals surface area contributed by atoms with Crippen molar-refractivity contribution in [3.05, 3.63) is 84.2 Å². The molecule has 1 unspecified atom stereocenters. The first kappa shape index (κ1) is 25.2. The maximum atomic E-state index is 13.2. The second-order valence-electron chi connectivity index (χ2n) is 8.05. The number of hydrogen-bond acceptors (Lipinski definition) is 5. The lowest BCUT2D eigenvalue weighted by Gasteiger charge is -2.21. The van der Waals surface area contributed by atoms with Gasteiger partial charge in [0.15, 0.2) is 0 Å². The number of amides is 4. The standard InChI is InChI=1S/C25H21F3N4O3S/c1-16-23(34)32(19-7-9-20(10-8-19)36-25(26,27)28)24(35)31(16)15-18-11-12-29-14-21(18)30-22(33)13-17-5-3-2-4-6-17/h2-12,14,16H,13,15H2,1H3,(H,30,33). The van der Waals surface area contributed by atoms with E-state index in [-0.39, 0.29) is 41.2 Å². The highest BCUT2D eigenvalue weighted by Crippen LogP contribution is 2.38. The number of halogens is 3. The number of imide groups is 1. The summed E-state index contributed by atoms with van der Waals surface area (Å²) < 4.78 is 37.8. The Morgan fingerprint density at radius 1 is 1.06 bits per heavy atom. The molecule has 2 heterocycles. The number of benzene rings is 2. The van der Waals surface area contributed by atoms with Crippen LogP contribution in [0, 0.1) is 0 Å². The number of rotatable bonds is 7. The second kappa shape index (κ2) is 10.4. The van der Waals surface area contributed by atoms with Crippen LogP contribution < -0.4 is 10.2 Å². The maximum Gasteiger partial charge on any atom is 0.446 e. The summed E-state index contributed by atoms with van der Waals surface area (Å²) in [7, 11) is 0. The molecule has 1 saturated heterocycles. The molecule has 1 aromatic heterocycles. The molecule has 4 rings (SSSR count). The van der Waals surface area contributed by atoms with Gasteiger partial charge in [-0.3, -0.25) is 14.6 Å². The molecule has 1 atom stereocenters. The zero-order chi connectivity index (χ0) is 25.9. The van der Waals surface area contributed by atoms with Crippen LogP contribution in [0.3, 0.4) is 0 Å². The van der Waals surface area contributed by atoms with Crippen molar-refractivity contribution in [2.45, 2.75) is 36.3 Å². The van der Waals surface area contributed by atoms with Crippen molar-refractivity contribution in [3.8, 4) is 0 Å². The van der Waals surface area contributed by atoms with Gasteiger partial charge in [0.1, 0.15) is 6.04 Å². The topological polar surface area (TPSA) is 82.6 Å². The van der Waals surface area contributed by atoms with E-state index >= 15 is 0 Å². The van der Waals surface area contributed by atoms with Crippen molar-refractivity contribution in [2.75, 3.05) is 10.2 Å². The van der Waals surface area contributed by atoms with Gasteiger partial charge in [0.2, 0.25) is 5.91 Å². The highest BCUT2D eigenvalue weighted by molar-refractivity contribution is 8.00. The van der Waals surface area contributed by atoms with Crippen molar-refractivity contribution >= 4 is 41.0 Å². The van der Waals surface area contributed by atoms with E-state index in [1.807, 2.05) is 30.3 Å². The number of aromatic nitrogens is 1. The van der Waals surface area contributed by atoms with Crippen molar-refractivity contribution in [1.29, 1.82) is 0 Å². The molecule has 0 radical (unpaired) electrons. The van der Waals surface area contributed by atoms with Gasteiger partial charge in [-0.1, -0.05) is 30.3 Å². The van der Waals surface area contributed by atoms with Gasteiger partial charge in [-0.05, 0) is 60.1 Å². The van der Waals surface area contributed by atoms with E-state index in [9.17, 15) is 27.6 Å². The molecule has 4 amide bonds. The van der Waals surface area contributed by atoms with Crippen molar-refractivity contribution < 1.29 is 27.6 Å². The Kier molecular flexibility index (Phi) is 7.30. The molecule has 11 heteroatoms. The second-order valence-corrected chi connectivity index (χ2v) is 9.18. The van der Waals surface area contributed by atoms with Gasteiger partial charge in [-0.25, -0.2) is 9.69 Å². The van der Waals surface area contributed by atoms with Crippen LogP contribution in [0.15, 0.2) is 78.0 Å². The molecular weight excluding hydrogens is 493 g/mol. The number of carbonyl (C=O) groups excluding carboxylic acids is 3. The first-order chi connectivity index (χ1) is 17.1. The predicted molar refractivity (Wildman–Crippen MR) is 129 cm³/mol. The monoisotopic (exact) mass is 514 g/mol. The third kappa shape index (κ3) is 5.85. The number of pyridine rings is 1. The lowest BCUT2D eigenvalue weighted by atomic mass is 10.1. The fourth-order valence-electron chi connectivity index (χ4n) is 3.78. The summed E-state index contributed by atoms with van der Waals surface area (Å²) in [4.78, 5) is 44.9. The molecule has 1 aliphatic rings. The van der Waals surface area contributed by atoms with Gasteiger partial charge in [0.05, 0.1) is 30.5 Å². The minimum absolute atomic E-state index is 0.0215. The fourth-order valence-corrected chi connectivity index (χ4v) is 4.32. The Balaban J connectivity index is 1.49. The summed E-state index contributed by atoms with van der Waals surface area (Å²) in [6.07, 6.45) is 3.15. The highest BCUT2D eigenvalue weighted by atomic mass is 32.2. The minimum atomic E-state index is -4.44. The summed E-state index contributed by atoms with van der Waals surface area (Å²) >= 11 is -0.276. The number of anilines is 2. The number of nitrogens with one attached hydrogen (secondary N) is 1. The molecule has 36 heavy (non-hydrogen) atoms. The summed E-state index contributed by atoms with van der Waals surface area (Å²) in [6.45, 7) is 1.59. The fraction of sp³-hybridized carbons (Fsp3) is 0.200. The zero-order valence-corrected chi connectivity index (χ0v) is 19.8. The summed E-state index contributed by atoms with van der Waals surface area (Å²) in [5.41, 5.74) is -2.43. The molecule has 0 saturated carbocycles. The van der Waals surface area contributed by atoms with Crippen LogP contribution in [0.2, 0.25) is 0 Å². The number of thioether (sulfide) groups is 1. The number of hydrogen-bond donors (Lipinski definition) is 1. The van der Waals surface area contributed by atoms with Crippen LogP contribution in [0.4, 0.5) is 29.3 Å². The van der Waals surface area contributed by atoms with E-state index in [0.29, 0.717) is 11.3 Å². The van der Waals surface area contributed by atoms with Crippen LogP contribution >= 0.6 is 11.8 Å². The van der Waals surface area contributed by atoms with E-state index in [2.05, 4.69) is 10.3 Å². The lowest BCUT2D eigenvalue weighted by molar-refractivity contribution is -0.119. The van der Waals surface area contributed by atoms with Gasteiger partial charge < -0.3 is 10.2 Å². The number of alkyl halides is 3. The lowest BCUT2D eigenvalue weighted by Crippen LogP contribution is -2.33. The molecule has 7 nitrogen and oxygen atoms in total. The Bertz CT molecular complexity index is 1270. The third-order valence-electron chi connectivity index (χ3n) is 5.54. The average Bonchev–Trinajstić information content (AvgIpc) is 3.03. The maximum absolute atomic E-state index is 13.2. The van der Waals surface area contributed by atoms with E-state index in [1.54, 1.807) is 13.0 Å². The average molecular weight is 515 g/mol. The first-order valence-corrected chi connectivity index (χ1v) is 11.7. The number of urea groups is 1. The Morgan fingerprint density at radius 2 is 1.75 bits per heavy atom. The van der Waals surface area contributed by atoms with E-state index in [4.69, 9.17) is 0 Å². The van der Waals surface area contributed by atoms with E-state index < -0.39 is 23.5 Å². The van der Waals surface area contributed by atoms with E-state index in [0.717, 1.165) is 10.5 Å². The number of nitrogens with zero attached hydrogens (tertiary/aromatic N) is 3. The predicted octanol–water partition coefficient (Wildman–Crippen LogP) is 5.23. The van der Waals surface area contributed by atoms with Gasteiger partial charge in [-0.15, -0.1) is 0 Å².